The molecule has 0 bridgehead atoms. The molecule has 92 valence electrons. The Morgan fingerprint density at radius 1 is 1.00 bits per heavy atom. The molecule has 2 aromatic carbocycles. The van der Waals surface area contributed by atoms with E-state index in [0.717, 1.165) is 24.2 Å². The molecule has 0 aromatic heterocycles. The fraction of sp³-hybridized carbons (Fsp3) is 0.250. The average Bonchev–Trinajstić information content (AvgIpc) is 2.40. The van der Waals surface area contributed by atoms with E-state index in [0.29, 0.717) is 6.54 Å². The molecule has 0 amide bonds. The summed E-state index contributed by atoms with van der Waals surface area (Å²) in [6.07, 6.45) is -0.862. The number of rotatable bonds is 2. The molecular weight excluding hydrogens is 225 g/mol. The zero-order chi connectivity index (χ0) is 12.4. The molecular formula is C16H16FN. The molecule has 0 fully saturated rings. The van der Waals surface area contributed by atoms with E-state index in [-0.39, 0.29) is 0 Å². The predicted octanol–water partition coefficient (Wildman–Crippen LogP) is 3.71. The second kappa shape index (κ2) is 4.91. The molecule has 0 N–H and O–H groups in total. The van der Waals surface area contributed by atoms with E-state index in [2.05, 4.69) is 17.0 Å². The molecule has 1 atom stereocenters. The molecule has 0 spiro atoms. The van der Waals surface area contributed by atoms with Gasteiger partial charge in [0, 0.05) is 19.6 Å². The molecule has 0 radical (unpaired) electrons. The highest BCUT2D eigenvalue weighted by Crippen LogP contribution is 2.29. The van der Waals surface area contributed by atoms with E-state index in [4.69, 9.17) is 0 Å². The Morgan fingerprint density at radius 2 is 1.72 bits per heavy atom. The van der Waals surface area contributed by atoms with Crippen molar-refractivity contribution in [3.05, 3.63) is 71.3 Å². The van der Waals surface area contributed by atoms with Gasteiger partial charge in [-0.15, -0.1) is 0 Å². The Bertz CT molecular complexity index is 524. The van der Waals surface area contributed by atoms with Crippen molar-refractivity contribution in [1.82, 2.24) is 4.90 Å². The first-order chi connectivity index (χ1) is 8.83. The Balaban J connectivity index is 1.78. The number of alkyl halides is 1. The smallest absolute Gasteiger partial charge is 0.138 e. The lowest BCUT2D eigenvalue weighted by Crippen LogP contribution is -2.31. The zero-order valence-corrected chi connectivity index (χ0v) is 10.2. The van der Waals surface area contributed by atoms with Crippen molar-refractivity contribution in [2.45, 2.75) is 19.3 Å². The molecule has 0 saturated carbocycles. The fourth-order valence-electron chi connectivity index (χ4n) is 2.58. The van der Waals surface area contributed by atoms with Gasteiger partial charge in [0.2, 0.25) is 0 Å². The minimum Gasteiger partial charge on any atom is -0.292 e. The van der Waals surface area contributed by atoms with E-state index in [1.165, 1.54) is 5.56 Å². The van der Waals surface area contributed by atoms with Crippen LogP contribution in [-0.2, 0) is 13.1 Å². The summed E-state index contributed by atoms with van der Waals surface area (Å²) < 4.78 is 14.1. The maximum Gasteiger partial charge on any atom is 0.138 e. The van der Waals surface area contributed by atoms with Crippen LogP contribution in [0, 0.1) is 0 Å². The van der Waals surface area contributed by atoms with Crippen LogP contribution in [0.5, 0.6) is 0 Å². The summed E-state index contributed by atoms with van der Waals surface area (Å²) in [6.45, 7) is 2.15. The predicted molar refractivity (Wildman–Crippen MR) is 70.8 cm³/mol. The van der Waals surface area contributed by atoms with Crippen molar-refractivity contribution in [2.24, 2.45) is 0 Å². The molecule has 1 aliphatic heterocycles. The first-order valence-electron chi connectivity index (χ1n) is 6.31. The maximum atomic E-state index is 14.1. The van der Waals surface area contributed by atoms with Gasteiger partial charge in [0.05, 0.1) is 0 Å². The summed E-state index contributed by atoms with van der Waals surface area (Å²) >= 11 is 0. The molecule has 3 rings (SSSR count). The van der Waals surface area contributed by atoms with Gasteiger partial charge < -0.3 is 0 Å². The lowest BCUT2D eigenvalue weighted by atomic mass is 9.98. The van der Waals surface area contributed by atoms with Gasteiger partial charge in [0.1, 0.15) is 6.17 Å². The molecule has 2 heteroatoms. The van der Waals surface area contributed by atoms with Gasteiger partial charge in [-0.25, -0.2) is 4.39 Å². The van der Waals surface area contributed by atoms with E-state index in [9.17, 15) is 4.39 Å². The number of nitrogens with zero attached hydrogens (tertiary/aromatic N) is 1. The lowest BCUT2D eigenvalue weighted by Gasteiger charge is -2.31. The minimum absolute atomic E-state index is 0.492. The Hall–Kier alpha value is -1.67. The van der Waals surface area contributed by atoms with Crippen molar-refractivity contribution in [1.29, 1.82) is 0 Å². The normalized spacial score (nSPS) is 19.5. The van der Waals surface area contributed by atoms with Crippen molar-refractivity contribution in [3.8, 4) is 0 Å². The van der Waals surface area contributed by atoms with Crippen LogP contribution < -0.4 is 0 Å². The van der Waals surface area contributed by atoms with Gasteiger partial charge in [-0.1, -0.05) is 54.6 Å². The number of halogens is 1. The minimum atomic E-state index is -0.862. The summed E-state index contributed by atoms with van der Waals surface area (Å²) in [4.78, 5) is 2.17. The van der Waals surface area contributed by atoms with Crippen molar-refractivity contribution in [2.75, 3.05) is 6.54 Å². The zero-order valence-electron chi connectivity index (χ0n) is 10.2. The monoisotopic (exact) mass is 241 g/mol. The third-order valence-corrected chi connectivity index (χ3v) is 3.45. The van der Waals surface area contributed by atoms with Crippen LogP contribution in [-0.4, -0.2) is 11.4 Å². The van der Waals surface area contributed by atoms with Crippen LogP contribution in [0.1, 0.15) is 22.9 Å². The van der Waals surface area contributed by atoms with E-state index < -0.39 is 6.17 Å². The van der Waals surface area contributed by atoms with Crippen LogP contribution in [0.2, 0.25) is 0 Å². The third-order valence-electron chi connectivity index (χ3n) is 3.45. The van der Waals surface area contributed by atoms with Gasteiger partial charge in [-0.05, 0) is 16.7 Å². The van der Waals surface area contributed by atoms with Crippen molar-refractivity contribution in [3.63, 3.8) is 0 Å². The fourth-order valence-corrected chi connectivity index (χ4v) is 2.58. The van der Waals surface area contributed by atoms with Crippen molar-refractivity contribution >= 4 is 0 Å². The van der Waals surface area contributed by atoms with Crippen LogP contribution in [0.25, 0.3) is 0 Å². The number of fused-ring (bicyclic) bond motifs is 1. The topological polar surface area (TPSA) is 3.24 Å². The Kier molecular flexibility index (Phi) is 3.11. The quantitative estimate of drug-likeness (QED) is 0.774. The summed E-state index contributed by atoms with van der Waals surface area (Å²) in [5.74, 6) is 0. The van der Waals surface area contributed by atoms with Gasteiger partial charge in [0.25, 0.3) is 0 Å². The highest BCUT2D eigenvalue weighted by molar-refractivity contribution is 5.31. The van der Waals surface area contributed by atoms with E-state index in [1.54, 1.807) is 0 Å². The summed E-state index contributed by atoms with van der Waals surface area (Å²) in [6, 6.07) is 18.1. The first-order valence-corrected chi connectivity index (χ1v) is 6.31. The third kappa shape index (κ3) is 2.29. The van der Waals surface area contributed by atoms with Crippen LogP contribution >= 0.6 is 0 Å². The summed E-state index contributed by atoms with van der Waals surface area (Å²) in [5.41, 5.74) is 3.22. The highest BCUT2D eigenvalue weighted by Gasteiger charge is 2.24. The van der Waals surface area contributed by atoms with Gasteiger partial charge in [-0.2, -0.15) is 0 Å². The molecule has 1 aliphatic rings. The molecule has 0 saturated heterocycles. The van der Waals surface area contributed by atoms with E-state index in [1.807, 2.05) is 42.5 Å². The van der Waals surface area contributed by atoms with Gasteiger partial charge >= 0.3 is 0 Å². The van der Waals surface area contributed by atoms with Crippen LogP contribution in [0.3, 0.4) is 0 Å². The highest BCUT2D eigenvalue weighted by atomic mass is 19.1. The molecule has 1 unspecified atom stereocenters. The SMILES string of the molecule is FC1CN(Cc2ccccc2)Cc2ccccc21. The second-order valence-corrected chi connectivity index (χ2v) is 4.82. The maximum absolute atomic E-state index is 14.1. The molecule has 1 heterocycles. The molecule has 0 aliphatic carbocycles. The molecule has 18 heavy (non-hydrogen) atoms. The largest absolute Gasteiger partial charge is 0.292 e. The lowest BCUT2D eigenvalue weighted by molar-refractivity contribution is 0.158. The van der Waals surface area contributed by atoms with Crippen molar-refractivity contribution < 1.29 is 4.39 Å². The Labute approximate surface area is 107 Å². The number of hydrogen-bond acceptors (Lipinski definition) is 1. The standard InChI is InChI=1S/C16H16FN/c17-16-12-18(10-13-6-2-1-3-7-13)11-14-8-4-5-9-15(14)16/h1-9,16H,10-12H2. The number of benzene rings is 2. The van der Waals surface area contributed by atoms with Gasteiger partial charge in [-0.3, -0.25) is 4.90 Å². The van der Waals surface area contributed by atoms with Gasteiger partial charge in [0.15, 0.2) is 0 Å². The average molecular weight is 241 g/mol. The molecule has 2 aromatic rings. The number of hydrogen-bond donors (Lipinski definition) is 0. The Morgan fingerprint density at radius 3 is 2.56 bits per heavy atom. The summed E-state index contributed by atoms with van der Waals surface area (Å²) in [7, 11) is 0. The first kappa shape index (κ1) is 11.4. The van der Waals surface area contributed by atoms with E-state index >= 15 is 0 Å². The van der Waals surface area contributed by atoms with Crippen LogP contribution in [0.15, 0.2) is 54.6 Å². The second-order valence-electron chi connectivity index (χ2n) is 4.82. The van der Waals surface area contributed by atoms with Crippen LogP contribution in [0.4, 0.5) is 4.39 Å². The molecule has 1 nitrogen and oxygen atoms in total. The summed E-state index contributed by atoms with van der Waals surface area (Å²) in [5, 5.41) is 0.